The maximum Gasteiger partial charge on any atom is 0.102 e. The maximum atomic E-state index is 9.01. The monoisotopic (exact) mass is 330 g/mol. The molecule has 5 heteroatoms. The Morgan fingerprint density at radius 1 is 1.20 bits per heavy atom. The number of aromatic nitrogens is 2. The lowest BCUT2D eigenvalue weighted by Crippen LogP contribution is -1.95. The second kappa shape index (κ2) is 4.47. The van der Waals surface area contributed by atoms with Crippen molar-refractivity contribution in [1.29, 1.82) is 0 Å². The highest BCUT2D eigenvalue weighted by Crippen LogP contribution is 2.19. The van der Waals surface area contributed by atoms with E-state index in [-0.39, 0.29) is 6.61 Å². The number of aliphatic hydroxyl groups excluding tert-OH is 1. The van der Waals surface area contributed by atoms with E-state index in [0.717, 1.165) is 14.6 Å². The SMILES string of the molecule is OCc1nn(-c2ccc(Br)cc2)cc1Br. The summed E-state index contributed by atoms with van der Waals surface area (Å²) in [5, 5.41) is 13.2. The molecule has 0 unspecified atom stereocenters. The number of hydrogen-bond acceptors (Lipinski definition) is 2. The quantitative estimate of drug-likeness (QED) is 0.918. The summed E-state index contributed by atoms with van der Waals surface area (Å²) >= 11 is 6.71. The first-order chi connectivity index (χ1) is 7.20. The highest BCUT2D eigenvalue weighted by molar-refractivity contribution is 9.10. The van der Waals surface area contributed by atoms with Gasteiger partial charge in [0.15, 0.2) is 0 Å². The highest BCUT2D eigenvalue weighted by atomic mass is 79.9. The molecule has 0 aliphatic heterocycles. The van der Waals surface area contributed by atoms with Crippen LogP contribution in [0.4, 0.5) is 0 Å². The molecule has 0 fully saturated rings. The number of hydrogen-bond donors (Lipinski definition) is 1. The molecule has 0 atom stereocenters. The number of nitrogens with zero attached hydrogens (tertiary/aromatic N) is 2. The highest BCUT2D eigenvalue weighted by Gasteiger charge is 2.05. The number of rotatable bonds is 2. The zero-order valence-corrected chi connectivity index (χ0v) is 10.9. The van der Waals surface area contributed by atoms with Gasteiger partial charge >= 0.3 is 0 Å². The Bertz CT molecular complexity index is 465. The Kier molecular flexibility index (Phi) is 3.23. The number of halogens is 2. The molecule has 0 aliphatic rings. The van der Waals surface area contributed by atoms with Crippen LogP contribution in [0.5, 0.6) is 0 Å². The standard InChI is InChI=1S/C10H8Br2N2O/c11-7-1-3-8(4-2-7)14-5-9(12)10(6-15)13-14/h1-5,15H,6H2. The minimum absolute atomic E-state index is 0.0654. The Morgan fingerprint density at radius 2 is 1.87 bits per heavy atom. The smallest absolute Gasteiger partial charge is 0.102 e. The predicted octanol–water partition coefficient (Wildman–Crippen LogP) is 2.89. The Labute approximate surface area is 104 Å². The van der Waals surface area contributed by atoms with Crippen LogP contribution in [0.25, 0.3) is 5.69 Å². The molecule has 1 aromatic heterocycles. The molecule has 0 radical (unpaired) electrons. The van der Waals surface area contributed by atoms with Crippen LogP contribution in [-0.2, 0) is 6.61 Å². The van der Waals surface area contributed by atoms with Crippen molar-refractivity contribution in [1.82, 2.24) is 9.78 Å². The van der Waals surface area contributed by atoms with Crippen molar-refractivity contribution in [2.75, 3.05) is 0 Å². The van der Waals surface area contributed by atoms with E-state index in [1.54, 1.807) is 4.68 Å². The minimum atomic E-state index is -0.0654. The van der Waals surface area contributed by atoms with Gasteiger partial charge < -0.3 is 5.11 Å². The van der Waals surface area contributed by atoms with Crippen LogP contribution in [0.1, 0.15) is 5.69 Å². The van der Waals surface area contributed by atoms with E-state index in [9.17, 15) is 0 Å². The van der Waals surface area contributed by atoms with E-state index in [4.69, 9.17) is 5.11 Å². The van der Waals surface area contributed by atoms with E-state index < -0.39 is 0 Å². The van der Waals surface area contributed by atoms with Crippen LogP contribution in [0.15, 0.2) is 39.4 Å². The van der Waals surface area contributed by atoms with Gasteiger partial charge in [0.25, 0.3) is 0 Å². The van der Waals surface area contributed by atoms with Crippen molar-refractivity contribution in [3.63, 3.8) is 0 Å². The molecule has 2 aromatic rings. The van der Waals surface area contributed by atoms with Crippen molar-refractivity contribution in [3.8, 4) is 5.69 Å². The topological polar surface area (TPSA) is 38.1 Å². The second-order valence-corrected chi connectivity index (χ2v) is 4.77. The molecule has 0 aliphatic carbocycles. The molecule has 0 saturated heterocycles. The molecule has 0 saturated carbocycles. The van der Waals surface area contributed by atoms with Crippen LogP contribution in [0.3, 0.4) is 0 Å². The van der Waals surface area contributed by atoms with E-state index in [1.165, 1.54) is 0 Å². The molecule has 2 rings (SSSR count). The van der Waals surface area contributed by atoms with Gasteiger partial charge in [0, 0.05) is 10.7 Å². The maximum absolute atomic E-state index is 9.01. The van der Waals surface area contributed by atoms with Gasteiger partial charge in [0.05, 0.1) is 16.8 Å². The Hall–Kier alpha value is -0.650. The van der Waals surface area contributed by atoms with Crippen molar-refractivity contribution in [3.05, 3.63) is 45.1 Å². The van der Waals surface area contributed by atoms with Gasteiger partial charge in [0.2, 0.25) is 0 Å². The van der Waals surface area contributed by atoms with Crippen LogP contribution in [-0.4, -0.2) is 14.9 Å². The third-order valence-corrected chi connectivity index (χ3v) is 3.17. The Morgan fingerprint density at radius 3 is 2.40 bits per heavy atom. The van der Waals surface area contributed by atoms with Gasteiger partial charge in [-0.2, -0.15) is 5.10 Å². The van der Waals surface area contributed by atoms with Gasteiger partial charge in [-0.1, -0.05) is 15.9 Å². The minimum Gasteiger partial charge on any atom is -0.390 e. The summed E-state index contributed by atoms with van der Waals surface area (Å²) in [5.41, 5.74) is 1.59. The van der Waals surface area contributed by atoms with Gasteiger partial charge in [-0.05, 0) is 40.2 Å². The average Bonchev–Trinajstić information content (AvgIpc) is 2.61. The fraction of sp³-hybridized carbons (Fsp3) is 0.100. The molecular weight excluding hydrogens is 324 g/mol. The molecule has 3 nitrogen and oxygen atoms in total. The van der Waals surface area contributed by atoms with Crippen LogP contribution >= 0.6 is 31.9 Å². The predicted molar refractivity (Wildman–Crippen MR) is 64.9 cm³/mol. The summed E-state index contributed by atoms with van der Waals surface area (Å²) in [6.07, 6.45) is 1.83. The van der Waals surface area contributed by atoms with Gasteiger partial charge in [-0.25, -0.2) is 4.68 Å². The fourth-order valence-corrected chi connectivity index (χ4v) is 1.88. The normalized spacial score (nSPS) is 10.6. The third-order valence-electron chi connectivity index (χ3n) is 1.98. The first kappa shape index (κ1) is 10.9. The summed E-state index contributed by atoms with van der Waals surface area (Å²) in [6, 6.07) is 7.79. The Balaban J connectivity index is 2.41. The van der Waals surface area contributed by atoms with E-state index in [2.05, 4.69) is 37.0 Å². The van der Waals surface area contributed by atoms with Crippen molar-refractivity contribution >= 4 is 31.9 Å². The molecule has 0 amide bonds. The van der Waals surface area contributed by atoms with Gasteiger partial charge in [0.1, 0.15) is 5.69 Å². The van der Waals surface area contributed by atoms with E-state index >= 15 is 0 Å². The molecule has 0 spiro atoms. The average molecular weight is 332 g/mol. The van der Waals surface area contributed by atoms with Crippen molar-refractivity contribution in [2.24, 2.45) is 0 Å². The zero-order valence-electron chi connectivity index (χ0n) is 7.69. The summed E-state index contributed by atoms with van der Waals surface area (Å²) in [5.74, 6) is 0. The van der Waals surface area contributed by atoms with Crippen molar-refractivity contribution in [2.45, 2.75) is 6.61 Å². The van der Waals surface area contributed by atoms with Crippen LogP contribution in [0, 0.1) is 0 Å². The lowest BCUT2D eigenvalue weighted by Gasteiger charge is -2.00. The second-order valence-electron chi connectivity index (χ2n) is 3.00. The van der Waals surface area contributed by atoms with Crippen molar-refractivity contribution < 1.29 is 5.11 Å². The molecular formula is C10H8Br2N2O. The van der Waals surface area contributed by atoms with Crippen LogP contribution < -0.4 is 0 Å². The molecule has 1 aromatic carbocycles. The molecule has 15 heavy (non-hydrogen) atoms. The van der Waals surface area contributed by atoms with Gasteiger partial charge in [-0.15, -0.1) is 0 Å². The fourth-order valence-electron chi connectivity index (χ4n) is 1.22. The van der Waals surface area contributed by atoms with Crippen LogP contribution in [0.2, 0.25) is 0 Å². The number of aliphatic hydroxyl groups is 1. The van der Waals surface area contributed by atoms with Gasteiger partial charge in [-0.3, -0.25) is 0 Å². The third kappa shape index (κ3) is 2.30. The largest absolute Gasteiger partial charge is 0.390 e. The first-order valence-electron chi connectivity index (χ1n) is 4.31. The molecule has 1 heterocycles. The molecule has 1 N–H and O–H groups in total. The molecule has 78 valence electrons. The molecule has 0 bridgehead atoms. The lowest BCUT2D eigenvalue weighted by molar-refractivity contribution is 0.275. The first-order valence-corrected chi connectivity index (χ1v) is 5.90. The zero-order chi connectivity index (χ0) is 10.8. The van der Waals surface area contributed by atoms with E-state index in [1.807, 2.05) is 30.5 Å². The summed E-state index contributed by atoms with van der Waals surface area (Å²) in [4.78, 5) is 0. The summed E-state index contributed by atoms with van der Waals surface area (Å²) in [6.45, 7) is -0.0654. The number of benzene rings is 1. The lowest BCUT2D eigenvalue weighted by atomic mass is 10.3. The summed E-state index contributed by atoms with van der Waals surface area (Å²) < 4.78 is 3.56. The summed E-state index contributed by atoms with van der Waals surface area (Å²) in [7, 11) is 0. The van der Waals surface area contributed by atoms with E-state index in [0.29, 0.717) is 5.69 Å².